The summed E-state index contributed by atoms with van der Waals surface area (Å²) in [6, 6.07) is 8.52. The summed E-state index contributed by atoms with van der Waals surface area (Å²) in [7, 11) is 3.86. The molecular weight excluding hydrogens is 832 g/mol. The Labute approximate surface area is 376 Å². The highest BCUT2D eigenvalue weighted by molar-refractivity contribution is 6.32. The number of aliphatic hydroxyl groups is 1. The zero-order valence-electron chi connectivity index (χ0n) is 38.2. The molecule has 1 N–H and O–H groups in total. The summed E-state index contributed by atoms with van der Waals surface area (Å²) in [6.07, 6.45) is -2.00. The first-order chi connectivity index (χ1) is 29.9. The van der Waals surface area contributed by atoms with E-state index in [1.807, 2.05) is 77.9 Å². The number of esters is 1. The summed E-state index contributed by atoms with van der Waals surface area (Å²) < 4.78 is 39.9. The van der Waals surface area contributed by atoms with E-state index < -0.39 is 71.8 Å². The fraction of sp³-hybridized carbons (Fsp3) is 0.696. The number of nitrogens with zero attached hydrogens (tertiary/aromatic N) is 6. The summed E-state index contributed by atoms with van der Waals surface area (Å²) >= 11 is 6.38. The number of rotatable bonds is 8. The van der Waals surface area contributed by atoms with E-state index in [0.29, 0.717) is 60.2 Å². The average Bonchev–Trinajstić information content (AvgIpc) is 3.39. The summed E-state index contributed by atoms with van der Waals surface area (Å²) in [5, 5.41) is 16.7. The molecule has 5 aliphatic heterocycles. The Kier molecular flexibility index (Phi) is 14.5. The van der Waals surface area contributed by atoms with Crippen LogP contribution in [0.1, 0.15) is 80.3 Å². The summed E-state index contributed by atoms with van der Waals surface area (Å²) in [5.74, 6) is -2.36. The van der Waals surface area contributed by atoms with Crippen molar-refractivity contribution in [2.24, 2.45) is 33.8 Å². The maximum Gasteiger partial charge on any atom is 0.410 e. The van der Waals surface area contributed by atoms with Crippen molar-refractivity contribution in [3.05, 3.63) is 47.4 Å². The topological polar surface area (TPSA) is 176 Å². The van der Waals surface area contributed by atoms with Gasteiger partial charge in [0, 0.05) is 41.9 Å². The number of amides is 1. The van der Waals surface area contributed by atoms with E-state index in [1.54, 1.807) is 24.1 Å². The molecule has 16 nitrogen and oxygen atoms in total. The van der Waals surface area contributed by atoms with Gasteiger partial charge in [0.15, 0.2) is 18.5 Å². The minimum absolute atomic E-state index is 0.0122. The van der Waals surface area contributed by atoms with Gasteiger partial charge in [-0.1, -0.05) is 50.5 Å². The number of aliphatic imine (C=N–C) groups is 1. The zero-order valence-corrected chi connectivity index (χ0v) is 39.0. The average molecular weight is 898 g/mol. The number of carbonyl (C=O) groups excluding carboxylic acids is 2. The van der Waals surface area contributed by atoms with Crippen molar-refractivity contribution in [2.75, 3.05) is 40.4 Å². The van der Waals surface area contributed by atoms with Crippen LogP contribution in [0.3, 0.4) is 0 Å². The van der Waals surface area contributed by atoms with Gasteiger partial charge in [-0.15, -0.1) is 0 Å². The van der Waals surface area contributed by atoms with E-state index in [2.05, 4.69) is 24.0 Å². The molecule has 4 saturated heterocycles. The van der Waals surface area contributed by atoms with Gasteiger partial charge in [0.05, 0.1) is 67.0 Å². The predicted molar refractivity (Wildman–Crippen MR) is 235 cm³/mol. The van der Waals surface area contributed by atoms with Crippen molar-refractivity contribution in [3.63, 3.8) is 0 Å². The number of aliphatic hydroxyl groups excluding tert-OH is 1. The molecule has 0 aromatic carbocycles. The van der Waals surface area contributed by atoms with E-state index >= 15 is 0 Å². The summed E-state index contributed by atoms with van der Waals surface area (Å²) in [6.45, 7) is 16.5. The molecule has 5 aliphatic rings. The van der Waals surface area contributed by atoms with Gasteiger partial charge in [-0.3, -0.25) is 14.7 Å². The number of fused-ring (bicyclic) bond motifs is 4. The van der Waals surface area contributed by atoms with Crippen LogP contribution in [0.4, 0.5) is 4.79 Å². The Morgan fingerprint density at radius 2 is 1.84 bits per heavy atom. The van der Waals surface area contributed by atoms with Crippen molar-refractivity contribution in [2.45, 2.75) is 141 Å². The Morgan fingerprint density at radius 3 is 2.57 bits per heavy atom. The van der Waals surface area contributed by atoms with Gasteiger partial charge in [-0.25, -0.2) is 14.8 Å². The second-order valence-electron chi connectivity index (χ2n) is 18.7. The van der Waals surface area contributed by atoms with Gasteiger partial charge in [0.25, 0.3) is 0 Å². The second-order valence-corrected chi connectivity index (χ2v) is 19.0. The van der Waals surface area contributed by atoms with E-state index in [-0.39, 0.29) is 43.8 Å². The van der Waals surface area contributed by atoms with E-state index in [4.69, 9.17) is 54.8 Å². The predicted octanol–water partition coefficient (Wildman–Crippen LogP) is 5.96. The van der Waals surface area contributed by atoms with Crippen LogP contribution < -0.4 is 0 Å². The van der Waals surface area contributed by atoms with Gasteiger partial charge in [0.1, 0.15) is 23.1 Å². The number of halogens is 1. The number of oxime groups is 1. The molecule has 2 aromatic heterocycles. The quantitative estimate of drug-likeness (QED) is 0.187. The summed E-state index contributed by atoms with van der Waals surface area (Å²) in [5.41, 5.74) is 1.02. The molecule has 4 fully saturated rings. The fourth-order valence-electron chi connectivity index (χ4n) is 10.7. The Bertz CT molecular complexity index is 2020. The van der Waals surface area contributed by atoms with E-state index in [9.17, 15) is 14.7 Å². The molecule has 0 aliphatic carbocycles. The number of pyridine rings is 2. The van der Waals surface area contributed by atoms with Crippen molar-refractivity contribution in [3.8, 4) is 11.3 Å². The Hall–Kier alpha value is -3.77. The van der Waals surface area contributed by atoms with Gasteiger partial charge >= 0.3 is 12.1 Å². The Balaban J connectivity index is 1.28. The lowest BCUT2D eigenvalue weighted by Crippen LogP contribution is -2.60. The van der Waals surface area contributed by atoms with Crippen molar-refractivity contribution in [1.82, 2.24) is 19.8 Å². The van der Waals surface area contributed by atoms with Gasteiger partial charge < -0.3 is 43.3 Å². The van der Waals surface area contributed by atoms with Crippen molar-refractivity contribution in [1.29, 1.82) is 0 Å². The second kappa shape index (κ2) is 19.4. The number of likely N-dealkylation sites (N-methyl/N-ethyl adjacent to an activating group) is 1. The number of hydrogen-bond acceptors (Lipinski definition) is 15. The van der Waals surface area contributed by atoms with Crippen LogP contribution in [-0.4, -0.2) is 149 Å². The number of carbonyl (C=O) groups is 2. The summed E-state index contributed by atoms with van der Waals surface area (Å²) in [4.78, 5) is 51.9. The van der Waals surface area contributed by atoms with Gasteiger partial charge in [-0.05, 0) is 91.2 Å². The maximum absolute atomic E-state index is 14.6. The van der Waals surface area contributed by atoms with E-state index in [0.717, 1.165) is 5.71 Å². The number of hydrogen-bond donors (Lipinski definition) is 1. The molecule has 7 rings (SSSR count). The zero-order chi connectivity index (χ0) is 45.4. The molecule has 0 saturated carbocycles. The normalized spacial score (nSPS) is 38.5. The molecule has 0 spiro atoms. The molecule has 4 bridgehead atoms. The number of cyclic esters (lactones) is 1. The Morgan fingerprint density at radius 1 is 1.06 bits per heavy atom. The van der Waals surface area contributed by atoms with Gasteiger partial charge in [-0.2, -0.15) is 0 Å². The van der Waals surface area contributed by atoms with Crippen molar-refractivity contribution < 1.29 is 48.0 Å². The fourth-order valence-corrected chi connectivity index (χ4v) is 10.9. The lowest BCUT2D eigenvalue weighted by molar-refractivity contribution is -0.302. The lowest BCUT2D eigenvalue weighted by Gasteiger charge is -2.48. The SMILES string of the molecule is CC[C@H]1OC(=O)[C@H](C)[C@H]2OC/C(=N\OCc3cccc(-c4cccnc4Cl)n3)CO[C@](C)(C[C@@H](C)C3=NCCN4C(=O)O[C@@]1(C)[C@H]4[C@H]3C)[C@H](O[C@H]1O[C@@H](C)C[C@@H](N(C)C)[C@@H]1O)[C@H]2C. The van der Waals surface area contributed by atoms with Crippen LogP contribution in [0, 0.1) is 23.7 Å². The smallest absolute Gasteiger partial charge is 0.410 e. The van der Waals surface area contributed by atoms with Crippen LogP contribution in [0.15, 0.2) is 46.7 Å². The minimum Gasteiger partial charge on any atom is -0.458 e. The molecule has 14 atom stereocenters. The maximum atomic E-state index is 14.6. The third-order valence-electron chi connectivity index (χ3n) is 13.8. The first kappa shape index (κ1) is 47.2. The highest BCUT2D eigenvalue weighted by Gasteiger charge is 2.60. The molecule has 1 amide bonds. The molecule has 17 heteroatoms. The number of aromatic nitrogens is 2. The molecule has 346 valence electrons. The molecule has 0 radical (unpaired) electrons. The van der Waals surface area contributed by atoms with Crippen LogP contribution in [0.2, 0.25) is 5.15 Å². The highest BCUT2D eigenvalue weighted by Crippen LogP contribution is 2.45. The van der Waals surface area contributed by atoms with Crippen LogP contribution in [0.25, 0.3) is 11.3 Å². The molecule has 63 heavy (non-hydrogen) atoms. The first-order valence-electron chi connectivity index (χ1n) is 22.4. The van der Waals surface area contributed by atoms with Crippen molar-refractivity contribution >= 4 is 35.1 Å². The van der Waals surface area contributed by atoms with Crippen LogP contribution >= 0.6 is 11.6 Å². The third-order valence-corrected chi connectivity index (χ3v) is 14.1. The lowest BCUT2D eigenvalue weighted by atomic mass is 9.72. The molecular formula is C46H65ClN6O10. The minimum atomic E-state index is -1.15. The first-order valence-corrected chi connectivity index (χ1v) is 22.7. The molecule has 0 unspecified atom stereocenters. The van der Waals surface area contributed by atoms with Crippen LogP contribution in [0.5, 0.6) is 0 Å². The monoisotopic (exact) mass is 896 g/mol. The highest BCUT2D eigenvalue weighted by atomic mass is 35.5. The standard InChI is InChI=1S/C46H65ClN6O10/c1-11-35-46(8)39-27(4)36(48-18-19-53(39)44(56)63-46)25(2)21-45(7)40(62-43-37(54)34(52(9)10)20-26(3)60-43)28(5)38(29(6)42(55)61-35)57-22-31(23-58-45)51-59-24-30-14-12-16-33(50-30)32-15-13-17-49-41(32)47/h12-17,25-29,34-35,37-40,43,54H,11,18-24H2,1-10H3/b51-31+/t25-,26+,27+,28+,29-,34-,35-,37+,38+,39-,40-,43-,45-,46-/m1/s1. The third kappa shape index (κ3) is 9.64. The molecule has 7 heterocycles. The van der Waals surface area contributed by atoms with Gasteiger partial charge in [0.2, 0.25) is 0 Å². The largest absolute Gasteiger partial charge is 0.458 e. The van der Waals surface area contributed by atoms with Crippen LogP contribution in [-0.2, 0) is 44.7 Å². The number of ether oxygens (including phenoxy) is 6. The van der Waals surface area contributed by atoms with E-state index in [1.165, 1.54) is 0 Å². The molecule has 2 aromatic rings.